The highest BCUT2D eigenvalue weighted by molar-refractivity contribution is 5.39. The average molecular weight is 377 g/mol. The zero-order chi connectivity index (χ0) is 19.6. The van der Waals surface area contributed by atoms with Gasteiger partial charge in [-0.2, -0.15) is 5.10 Å². The van der Waals surface area contributed by atoms with Crippen molar-refractivity contribution in [3.63, 3.8) is 0 Å². The quantitative estimate of drug-likeness (QED) is 0.568. The van der Waals surface area contributed by atoms with Crippen molar-refractivity contribution in [1.29, 1.82) is 0 Å². The molecule has 1 aromatic heterocycles. The molecule has 3 rings (SSSR count). The van der Waals surface area contributed by atoms with Crippen LogP contribution < -0.4 is 4.74 Å². The summed E-state index contributed by atoms with van der Waals surface area (Å²) in [4.78, 5) is 15.2. The van der Waals surface area contributed by atoms with Crippen LogP contribution in [0.15, 0.2) is 18.2 Å². The zero-order valence-electron chi connectivity index (χ0n) is 15.8. The van der Waals surface area contributed by atoms with Crippen LogP contribution in [0.25, 0.3) is 0 Å². The fraction of sp³-hybridized carbons (Fsp3) is 0.500. The number of rotatable bonds is 6. The van der Waals surface area contributed by atoms with E-state index in [2.05, 4.69) is 14.9 Å². The standard InChI is InChI=1S/C18H24FN5O3/c1-13-18(24(25)26)14(2)23(20-13)12-22-8-6-21(7-9-22)11-15-10-16(19)4-5-17(15)27-3/h4-5,10H,6-9,11-12H2,1-3H3. The van der Waals surface area contributed by atoms with E-state index in [0.29, 0.717) is 30.4 Å². The maximum Gasteiger partial charge on any atom is 0.312 e. The van der Waals surface area contributed by atoms with Crippen molar-refractivity contribution in [2.45, 2.75) is 27.1 Å². The Balaban J connectivity index is 1.59. The molecule has 0 amide bonds. The Morgan fingerprint density at radius 2 is 1.89 bits per heavy atom. The van der Waals surface area contributed by atoms with Crippen molar-refractivity contribution in [2.75, 3.05) is 33.3 Å². The van der Waals surface area contributed by atoms with Crippen LogP contribution in [0.5, 0.6) is 5.75 Å². The van der Waals surface area contributed by atoms with E-state index in [1.807, 2.05) is 0 Å². The van der Waals surface area contributed by atoms with Crippen molar-refractivity contribution >= 4 is 5.69 Å². The molecule has 0 saturated carbocycles. The van der Waals surface area contributed by atoms with Gasteiger partial charge in [0.25, 0.3) is 0 Å². The number of nitro groups is 1. The van der Waals surface area contributed by atoms with Crippen LogP contribution in [0.3, 0.4) is 0 Å². The second-order valence-corrected chi connectivity index (χ2v) is 6.77. The summed E-state index contributed by atoms with van der Waals surface area (Å²) >= 11 is 0. The van der Waals surface area contributed by atoms with E-state index >= 15 is 0 Å². The first-order valence-electron chi connectivity index (χ1n) is 8.84. The molecular weight excluding hydrogens is 353 g/mol. The number of piperazine rings is 1. The minimum absolute atomic E-state index is 0.0897. The minimum Gasteiger partial charge on any atom is -0.496 e. The van der Waals surface area contributed by atoms with E-state index < -0.39 is 0 Å². The molecule has 1 fully saturated rings. The lowest BCUT2D eigenvalue weighted by molar-refractivity contribution is -0.386. The number of aryl methyl sites for hydroxylation is 1. The first-order chi connectivity index (χ1) is 12.9. The second-order valence-electron chi connectivity index (χ2n) is 6.77. The van der Waals surface area contributed by atoms with Gasteiger partial charge in [0.2, 0.25) is 0 Å². The van der Waals surface area contributed by atoms with Gasteiger partial charge >= 0.3 is 5.69 Å². The molecule has 0 N–H and O–H groups in total. The second kappa shape index (κ2) is 8.01. The fourth-order valence-electron chi connectivity index (χ4n) is 3.48. The van der Waals surface area contributed by atoms with Gasteiger partial charge in [-0.15, -0.1) is 0 Å². The molecule has 0 atom stereocenters. The van der Waals surface area contributed by atoms with E-state index in [9.17, 15) is 14.5 Å². The van der Waals surface area contributed by atoms with Crippen LogP contribution in [0, 0.1) is 29.8 Å². The normalized spacial score (nSPS) is 15.9. The van der Waals surface area contributed by atoms with Crippen LogP contribution >= 0.6 is 0 Å². The SMILES string of the molecule is COc1ccc(F)cc1CN1CCN(Cn2nc(C)c([N+](=O)[O-])c2C)CC1. The number of benzene rings is 1. The van der Waals surface area contributed by atoms with E-state index in [1.54, 1.807) is 31.7 Å². The van der Waals surface area contributed by atoms with Gasteiger partial charge in [0.1, 0.15) is 23.0 Å². The highest BCUT2D eigenvalue weighted by Crippen LogP contribution is 2.23. The predicted octanol–water partition coefficient (Wildman–Crippen LogP) is 2.33. The Morgan fingerprint density at radius 3 is 2.48 bits per heavy atom. The summed E-state index contributed by atoms with van der Waals surface area (Å²) in [6, 6.07) is 4.56. The molecule has 9 heteroatoms. The number of hydrogen-bond donors (Lipinski definition) is 0. The zero-order valence-corrected chi connectivity index (χ0v) is 15.8. The predicted molar refractivity (Wildman–Crippen MR) is 98.2 cm³/mol. The summed E-state index contributed by atoms with van der Waals surface area (Å²) in [5.41, 5.74) is 1.94. The smallest absolute Gasteiger partial charge is 0.312 e. The van der Waals surface area contributed by atoms with Gasteiger partial charge in [-0.3, -0.25) is 19.9 Å². The summed E-state index contributed by atoms with van der Waals surface area (Å²) in [6.07, 6.45) is 0. The molecular formula is C18H24FN5O3. The van der Waals surface area contributed by atoms with E-state index in [0.717, 1.165) is 31.7 Å². The lowest BCUT2D eigenvalue weighted by Crippen LogP contribution is -2.46. The van der Waals surface area contributed by atoms with Crippen LogP contribution in [0.4, 0.5) is 10.1 Å². The molecule has 2 aromatic rings. The summed E-state index contributed by atoms with van der Waals surface area (Å²) in [7, 11) is 1.59. The molecule has 2 heterocycles. The van der Waals surface area contributed by atoms with Crippen molar-refractivity contribution < 1.29 is 14.1 Å². The Morgan fingerprint density at radius 1 is 1.22 bits per heavy atom. The number of hydrogen-bond acceptors (Lipinski definition) is 6. The average Bonchev–Trinajstić information content (AvgIpc) is 2.90. The van der Waals surface area contributed by atoms with Crippen molar-refractivity contribution in [3.8, 4) is 5.75 Å². The third kappa shape index (κ3) is 4.25. The molecule has 146 valence electrons. The van der Waals surface area contributed by atoms with Gasteiger partial charge in [-0.25, -0.2) is 9.07 Å². The minimum atomic E-state index is -0.377. The molecule has 1 aliphatic heterocycles. The van der Waals surface area contributed by atoms with Crippen LogP contribution in [-0.4, -0.2) is 57.8 Å². The summed E-state index contributed by atoms with van der Waals surface area (Å²) in [5.74, 6) is 0.421. The Labute approximate surface area is 157 Å². The Bertz CT molecular complexity index is 831. The lowest BCUT2D eigenvalue weighted by atomic mass is 10.1. The molecule has 8 nitrogen and oxygen atoms in total. The number of aromatic nitrogens is 2. The fourth-order valence-corrected chi connectivity index (χ4v) is 3.48. The van der Waals surface area contributed by atoms with Gasteiger partial charge in [-0.05, 0) is 32.0 Å². The number of nitrogens with zero attached hydrogens (tertiary/aromatic N) is 5. The third-order valence-corrected chi connectivity index (χ3v) is 4.96. The molecule has 27 heavy (non-hydrogen) atoms. The first-order valence-corrected chi connectivity index (χ1v) is 8.84. The molecule has 1 saturated heterocycles. The summed E-state index contributed by atoms with van der Waals surface area (Å²) in [5, 5.41) is 15.4. The van der Waals surface area contributed by atoms with E-state index in [-0.39, 0.29) is 16.4 Å². The molecule has 1 aliphatic rings. The molecule has 1 aromatic carbocycles. The van der Waals surface area contributed by atoms with Gasteiger partial charge in [-0.1, -0.05) is 0 Å². The highest BCUT2D eigenvalue weighted by Gasteiger charge is 2.24. The lowest BCUT2D eigenvalue weighted by Gasteiger charge is -2.34. The number of halogens is 1. The van der Waals surface area contributed by atoms with Gasteiger partial charge in [0.15, 0.2) is 0 Å². The third-order valence-electron chi connectivity index (χ3n) is 4.96. The maximum absolute atomic E-state index is 13.5. The van der Waals surface area contributed by atoms with E-state index in [1.165, 1.54) is 12.1 Å². The summed E-state index contributed by atoms with van der Waals surface area (Å²) < 4.78 is 20.5. The van der Waals surface area contributed by atoms with Crippen LogP contribution in [0.2, 0.25) is 0 Å². The maximum atomic E-state index is 13.5. The molecule has 0 bridgehead atoms. The summed E-state index contributed by atoms with van der Waals surface area (Å²) in [6.45, 7) is 7.80. The molecule has 0 radical (unpaired) electrons. The van der Waals surface area contributed by atoms with Crippen LogP contribution in [-0.2, 0) is 13.2 Å². The van der Waals surface area contributed by atoms with Crippen LogP contribution in [0.1, 0.15) is 17.0 Å². The first kappa shape index (κ1) is 19.2. The molecule has 0 unspecified atom stereocenters. The van der Waals surface area contributed by atoms with Gasteiger partial charge in [0, 0.05) is 38.3 Å². The number of ether oxygens (including phenoxy) is 1. The monoisotopic (exact) mass is 377 g/mol. The highest BCUT2D eigenvalue weighted by atomic mass is 19.1. The molecule has 0 spiro atoms. The Hall–Kier alpha value is -2.52. The van der Waals surface area contributed by atoms with Gasteiger partial charge < -0.3 is 4.74 Å². The van der Waals surface area contributed by atoms with Crippen molar-refractivity contribution in [2.24, 2.45) is 0 Å². The Kier molecular flexibility index (Phi) is 5.71. The topological polar surface area (TPSA) is 76.7 Å². The van der Waals surface area contributed by atoms with Crippen molar-refractivity contribution in [1.82, 2.24) is 19.6 Å². The number of methoxy groups -OCH3 is 1. The largest absolute Gasteiger partial charge is 0.496 e. The van der Waals surface area contributed by atoms with E-state index in [4.69, 9.17) is 4.74 Å². The molecule has 0 aliphatic carbocycles. The van der Waals surface area contributed by atoms with Crippen molar-refractivity contribution in [3.05, 3.63) is 51.1 Å². The van der Waals surface area contributed by atoms with Gasteiger partial charge in [0.05, 0.1) is 18.7 Å².